The van der Waals surface area contributed by atoms with Gasteiger partial charge in [0.25, 0.3) is 5.91 Å². The van der Waals surface area contributed by atoms with Gasteiger partial charge in [-0.15, -0.1) is 0 Å². The van der Waals surface area contributed by atoms with Gasteiger partial charge in [0.2, 0.25) is 20.0 Å². The lowest BCUT2D eigenvalue weighted by Crippen LogP contribution is -2.25. The first-order valence-corrected chi connectivity index (χ1v) is 15.4. The Hall–Kier alpha value is -3.23. The number of hydrogen-bond acceptors (Lipinski definition) is 7. The lowest BCUT2D eigenvalue weighted by atomic mass is 9.97. The summed E-state index contributed by atoms with van der Waals surface area (Å²) in [5.74, 6) is -1.09. The zero-order valence-corrected chi connectivity index (χ0v) is 25.6. The Bertz CT molecular complexity index is 1740. The van der Waals surface area contributed by atoms with Gasteiger partial charge in [0.05, 0.1) is 34.6 Å². The quantitative estimate of drug-likeness (QED) is 0.355. The van der Waals surface area contributed by atoms with Gasteiger partial charge in [-0.3, -0.25) is 4.79 Å². The van der Waals surface area contributed by atoms with Crippen LogP contribution in [0.1, 0.15) is 21.5 Å². The summed E-state index contributed by atoms with van der Waals surface area (Å²) < 4.78 is 80.1. The highest BCUT2D eigenvalue weighted by molar-refractivity contribution is 7.89. The zero-order valence-electron chi connectivity index (χ0n) is 23.2. The van der Waals surface area contributed by atoms with Crippen molar-refractivity contribution in [3.8, 4) is 22.6 Å². The maximum Gasteiger partial charge on any atom is 0.258 e. The fraction of sp³-hybridized carbons (Fsp3) is 0.296. The van der Waals surface area contributed by atoms with E-state index in [0.717, 1.165) is 8.61 Å². The van der Waals surface area contributed by atoms with Crippen molar-refractivity contribution in [2.24, 2.45) is 0 Å². The molecular weight excluding hydrogens is 597 g/mol. The summed E-state index contributed by atoms with van der Waals surface area (Å²) in [6, 6.07) is 9.76. The molecule has 1 amide bonds. The van der Waals surface area contributed by atoms with E-state index in [1.54, 1.807) is 0 Å². The molecule has 3 aromatic carbocycles. The second-order valence-electron chi connectivity index (χ2n) is 9.63. The second-order valence-corrected chi connectivity index (χ2v) is 14.3. The van der Waals surface area contributed by atoms with E-state index in [0.29, 0.717) is 11.1 Å². The number of methoxy groups -OCH3 is 2. The first kappa shape index (κ1) is 30.7. The van der Waals surface area contributed by atoms with Crippen molar-refractivity contribution in [1.82, 2.24) is 13.5 Å². The molecule has 1 heterocycles. The van der Waals surface area contributed by atoms with E-state index in [9.17, 15) is 26.0 Å². The molecule has 1 aliphatic rings. The van der Waals surface area contributed by atoms with E-state index in [2.05, 4.69) is 0 Å². The number of benzene rings is 3. The first-order chi connectivity index (χ1) is 19.2. The maximum atomic E-state index is 13.9. The first-order valence-electron chi connectivity index (χ1n) is 12.2. The largest absolute Gasteiger partial charge is 0.492 e. The number of amides is 1. The summed E-state index contributed by atoms with van der Waals surface area (Å²) in [7, 11) is 0.249. The molecule has 0 unspecified atom stereocenters. The van der Waals surface area contributed by atoms with Crippen molar-refractivity contribution in [2.45, 2.75) is 22.9 Å². The summed E-state index contributed by atoms with van der Waals surface area (Å²) in [6.07, 6.45) is 0. The minimum Gasteiger partial charge on any atom is -0.492 e. The van der Waals surface area contributed by atoms with E-state index < -0.39 is 31.8 Å². The molecule has 220 valence electrons. The molecule has 41 heavy (non-hydrogen) atoms. The molecule has 4 rings (SSSR count). The van der Waals surface area contributed by atoms with Crippen LogP contribution in [0.15, 0.2) is 52.3 Å². The Kier molecular flexibility index (Phi) is 8.40. The van der Waals surface area contributed by atoms with E-state index in [4.69, 9.17) is 21.1 Å². The molecule has 0 N–H and O–H groups in total. The number of ether oxygens (including phenoxy) is 2. The number of carbonyl (C=O) groups is 1. The van der Waals surface area contributed by atoms with Crippen LogP contribution in [0.25, 0.3) is 11.1 Å². The second kappa shape index (κ2) is 11.2. The summed E-state index contributed by atoms with van der Waals surface area (Å²) in [4.78, 5) is 15.0. The van der Waals surface area contributed by atoms with Crippen LogP contribution in [0.4, 0.5) is 4.39 Å². The SMILES string of the molecule is COc1c(OC)c(-c2ccc(S(=O)(=O)N(C)C)cc2)c(S(=O)(=O)N(C)C)c2c1C(=O)N(Cc1ccc(F)c(Cl)c1)C2. The van der Waals surface area contributed by atoms with E-state index in [-0.39, 0.29) is 56.1 Å². The average molecular weight is 626 g/mol. The predicted molar refractivity (Wildman–Crippen MR) is 152 cm³/mol. The van der Waals surface area contributed by atoms with Crippen molar-refractivity contribution in [3.63, 3.8) is 0 Å². The van der Waals surface area contributed by atoms with Crippen LogP contribution in [0, 0.1) is 5.82 Å². The van der Waals surface area contributed by atoms with Gasteiger partial charge < -0.3 is 14.4 Å². The van der Waals surface area contributed by atoms with Crippen LogP contribution in [0.5, 0.6) is 11.5 Å². The third-order valence-electron chi connectivity index (χ3n) is 6.74. The lowest BCUT2D eigenvalue weighted by Gasteiger charge is -2.23. The molecule has 0 spiro atoms. The number of sulfonamides is 2. The summed E-state index contributed by atoms with van der Waals surface area (Å²) in [5, 5.41) is -0.108. The highest BCUT2D eigenvalue weighted by atomic mass is 35.5. The molecule has 0 aliphatic carbocycles. The normalized spacial score (nSPS) is 13.7. The van der Waals surface area contributed by atoms with Crippen molar-refractivity contribution in [3.05, 3.63) is 70.0 Å². The number of hydrogen-bond donors (Lipinski definition) is 0. The van der Waals surface area contributed by atoms with Crippen LogP contribution in [0.2, 0.25) is 5.02 Å². The molecule has 0 fully saturated rings. The fourth-order valence-electron chi connectivity index (χ4n) is 4.64. The topological polar surface area (TPSA) is 114 Å². The minimum absolute atomic E-state index is 0.00471. The van der Waals surface area contributed by atoms with Gasteiger partial charge in [0.15, 0.2) is 11.5 Å². The highest BCUT2D eigenvalue weighted by Crippen LogP contribution is 2.50. The Balaban J connectivity index is 1.99. The Morgan fingerprint density at radius 2 is 1.44 bits per heavy atom. The summed E-state index contributed by atoms with van der Waals surface area (Å²) >= 11 is 5.94. The highest BCUT2D eigenvalue weighted by Gasteiger charge is 2.42. The van der Waals surface area contributed by atoms with Gasteiger partial charge >= 0.3 is 0 Å². The van der Waals surface area contributed by atoms with Crippen molar-refractivity contribution in [2.75, 3.05) is 42.4 Å². The molecule has 0 saturated carbocycles. The van der Waals surface area contributed by atoms with Gasteiger partial charge in [0.1, 0.15) is 5.82 Å². The summed E-state index contributed by atoms with van der Waals surface area (Å²) in [6.45, 7) is -0.0845. The third kappa shape index (κ3) is 5.28. The molecule has 0 atom stereocenters. The van der Waals surface area contributed by atoms with Gasteiger partial charge in [-0.25, -0.2) is 29.8 Å². The predicted octanol–water partition coefficient (Wildman–Crippen LogP) is 3.82. The molecule has 0 bridgehead atoms. The van der Waals surface area contributed by atoms with Crippen LogP contribution >= 0.6 is 11.6 Å². The Morgan fingerprint density at radius 1 is 0.878 bits per heavy atom. The standard InChI is InChI=1S/C27H29ClFN3O7S2/c1-30(2)40(34,35)18-10-8-17(9-11-18)22-24(38-5)25(39-6)23-19(26(22)41(36,37)31(3)4)15-32(27(23)33)14-16-7-12-21(29)20(28)13-16/h7-13H,14-15H2,1-6H3. The van der Waals surface area contributed by atoms with E-state index >= 15 is 0 Å². The van der Waals surface area contributed by atoms with E-state index in [1.807, 2.05) is 0 Å². The Labute approximate surface area is 243 Å². The number of nitrogens with zero attached hydrogens (tertiary/aromatic N) is 3. The lowest BCUT2D eigenvalue weighted by molar-refractivity contribution is 0.0763. The average Bonchev–Trinajstić information content (AvgIpc) is 3.24. The van der Waals surface area contributed by atoms with Gasteiger partial charge in [-0.1, -0.05) is 29.8 Å². The van der Waals surface area contributed by atoms with Crippen LogP contribution < -0.4 is 9.47 Å². The van der Waals surface area contributed by atoms with Gasteiger partial charge in [-0.2, -0.15) is 0 Å². The van der Waals surface area contributed by atoms with Crippen molar-refractivity contribution >= 4 is 37.6 Å². The number of fused-ring (bicyclic) bond motifs is 1. The van der Waals surface area contributed by atoms with Crippen molar-refractivity contribution < 1.29 is 35.5 Å². The molecule has 0 aromatic heterocycles. The number of halogens is 2. The smallest absolute Gasteiger partial charge is 0.258 e. The zero-order chi connectivity index (χ0) is 30.4. The third-order valence-corrected chi connectivity index (χ3v) is 10.8. The van der Waals surface area contributed by atoms with Crippen LogP contribution in [0.3, 0.4) is 0 Å². The number of carbonyl (C=O) groups excluding carboxylic acids is 1. The van der Waals surface area contributed by atoms with Crippen molar-refractivity contribution in [1.29, 1.82) is 0 Å². The van der Waals surface area contributed by atoms with Gasteiger partial charge in [0, 0.05) is 52.4 Å². The number of rotatable bonds is 9. The monoisotopic (exact) mass is 625 g/mol. The van der Waals surface area contributed by atoms with E-state index in [1.165, 1.54) is 89.8 Å². The maximum absolute atomic E-state index is 13.9. The molecule has 0 saturated heterocycles. The molecular formula is C27H29ClFN3O7S2. The summed E-state index contributed by atoms with van der Waals surface area (Å²) in [5.41, 5.74) is 1.20. The molecule has 0 radical (unpaired) electrons. The van der Waals surface area contributed by atoms with Crippen LogP contribution in [-0.4, -0.2) is 78.7 Å². The molecule has 1 aliphatic heterocycles. The molecule has 3 aromatic rings. The van der Waals surface area contributed by atoms with Crippen LogP contribution in [-0.2, 0) is 33.1 Å². The van der Waals surface area contributed by atoms with Gasteiger partial charge in [-0.05, 0) is 35.4 Å². The molecule has 10 nitrogen and oxygen atoms in total. The molecule has 14 heteroatoms. The minimum atomic E-state index is -4.20. The Morgan fingerprint density at radius 3 is 1.95 bits per heavy atom. The fourth-order valence-corrected chi connectivity index (χ4v) is 7.06.